The number of aldehydes is 1. The number of halogens is 1. The van der Waals surface area contributed by atoms with Crippen molar-refractivity contribution in [1.29, 1.82) is 0 Å². The molecule has 0 unspecified atom stereocenters. The molecule has 2 aromatic rings. The molecule has 0 aliphatic rings. The summed E-state index contributed by atoms with van der Waals surface area (Å²) in [5.41, 5.74) is 0.242. The molecule has 0 aliphatic heterocycles. The minimum Gasteiger partial charge on any atom is -0.465 e. The van der Waals surface area contributed by atoms with Gasteiger partial charge in [0, 0.05) is 0 Å². The minimum atomic E-state index is -0.426. The van der Waals surface area contributed by atoms with Crippen LogP contribution < -0.4 is 0 Å². The third-order valence-electron chi connectivity index (χ3n) is 1.99. The first-order valence-corrected chi connectivity index (χ1v) is 5.48. The number of pyridine rings is 1. The summed E-state index contributed by atoms with van der Waals surface area (Å²) in [6.07, 6.45) is 0.612. The van der Waals surface area contributed by atoms with E-state index < -0.39 is 5.97 Å². The number of nitrogens with zero attached hydrogens (tertiary/aromatic N) is 1. The summed E-state index contributed by atoms with van der Waals surface area (Å²) in [6, 6.07) is 3.21. The zero-order valence-electron chi connectivity index (χ0n) is 8.19. The third kappa shape index (κ3) is 1.79. The maximum atomic E-state index is 11.3. The van der Waals surface area contributed by atoms with Crippen LogP contribution in [0.15, 0.2) is 12.1 Å². The Morgan fingerprint density at radius 2 is 2.31 bits per heavy atom. The van der Waals surface area contributed by atoms with Crippen LogP contribution in [-0.4, -0.2) is 24.3 Å². The van der Waals surface area contributed by atoms with Crippen LogP contribution >= 0.6 is 22.9 Å². The van der Waals surface area contributed by atoms with Gasteiger partial charge in [0.15, 0.2) is 6.29 Å². The highest BCUT2D eigenvalue weighted by Crippen LogP contribution is 2.31. The molecule has 0 fully saturated rings. The van der Waals surface area contributed by atoms with E-state index in [1.54, 1.807) is 12.1 Å². The number of thiophene rings is 1. The van der Waals surface area contributed by atoms with Gasteiger partial charge in [0.2, 0.25) is 0 Å². The molecular weight excluding hydrogens is 250 g/mol. The van der Waals surface area contributed by atoms with Crippen LogP contribution in [-0.2, 0) is 4.74 Å². The number of carbonyl (C=O) groups is 2. The van der Waals surface area contributed by atoms with Crippen molar-refractivity contribution < 1.29 is 14.3 Å². The number of carbonyl (C=O) groups excluding carboxylic acids is 2. The van der Waals surface area contributed by atoms with Gasteiger partial charge in [-0.25, -0.2) is 9.78 Å². The standard InChI is InChI=1S/C10H6ClNO3S/c1-15-10(14)7-3-5-2-6(4-13)12-9(11)8(5)16-7/h2-4H,1H3. The van der Waals surface area contributed by atoms with Gasteiger partial charge in [0.1, 0.15) is 15.7 Å². The first-order chi connectivity index (χ1) is 7.65. The maximum absolute atomic E-state index is 11.3. The van der Waals surface area contributed by atoms with Gasteiger partial charge < -0.3 is 4.74 Å². The second kappa shape index (κ2) is 4.19. The Bertz CT molecular complexity index is 579. The number of esters is 1. The van der Waals surface area contributed by atoms with Gasteiger partial charge in [-0.15, -0.1) is 11.3 Å². The van der Waals surface area contributed by atoms with Crippen molar-refractivity contribution in [3.63, 3.8) is 0 Å². The van der Waals surface area contributed by atoms with Crippen LogP contribution in [0.5, 0.6) is 0 Å². The van der Waals surface area contributed by atoms with Crippen molar-refractivity contribution in [2.45, 2.75) is 0 Å². The molecule has 2 heterocycles. The summed E-state index contributed by atoms with van der Waals surface area (Å²) in [5.74, 6) is -0.426. The van der Waals surface area contributed by atoms with Crippen molar-refractivity contribution in [2.24, 2.45) is 0 Å². The Kier molecular flexibility index (Phi) is 2.89. The molecule has 0 atom stereocenters. The first-order valence-electron chi connectivity index (χ1n) is 4.29. The first kappa shape index (κ1) is 11.0. The fourth-order valence-corrected chi connectivity index (χ4v) is 2.55. The van der Waals surface area contributed by atoms with Crippen LogP contribution in [0.4, 0.5) is 0 Å². The van der Waals surface area contributed by atoms with Crippen LogP contribution in [0.1, 0.15) is 20.2 Å². The molecular formula is C10H6ClNO3S. The van der Waals surface area contributed by atoms with E-state index in [4.69, 9.17) is 11.6 Å². The van der Waals surface area contributed by atoms with Crippen LogP contribution in [0.3, 0.4) is 0 Å². The van der Waals surface area contributed by atoms with Crippen LogP contribution in [0.25, 0.3) is 10.1 Å². The fraction of sp³-hybridized carbons (Fsp3) is 0.100. The molecule has 0 saturated heterocycles. The van der Waals surface area contributed by atoms with Gasteiger partial charge in [0.05, 0.1) is 11.8 Å². The summed E-state index contributed by atoms with van der Waals surface area (Å²) in [7, 11) is 1.31. The van der Waals surface area contributed by atoms with Gasteiger partial charge in [-0.05, 0) is 17.5 Å². The van der Waals surface area contributed by atoms with Gasteiger partial charge in [-0.3, -0.25) is 4.79 Å². The van der Waals surface area contributed by atoms with Crippen molar-refractivity contribution in [1.82, 2.24) is 4.98 Å². The SMILES string of the molecule is COC(=O)c1cc2cc(C=O)nc(Cl)c2s1. The smallest absolute Gasteiger partial charge is 0.348 e. The van der Waals surface area contributed by atoms with Gasteiger partial charge in [-0.1, -0.05) is 11.6 Å². The summed E-state index contributed by atoms with van der Waals surface area (Å²) >= 11 is 7.08. The summed E-state index contributed by atoms with van der Waals surface area (Å²) in [6.45, 7) is 0. The van der Waals surface area contributed by atoms with E-state index in [-0.39, 0.29) is 10.8 Å². The lowest BCUT2D eigenvalue weighted by Gasteiger charge is -1.93. The largest absolute Gasteiger partial charge is 0.465 e. The Labute approximate surface area is 99.8 Å². The van der Waals surface area contributed by atoms with E-state index in [1.807, 2.05) is 0 Å². The molecule has 0 bridgehead atoms. The van der Waals surface area contributed by atoms with Crippen molar-refractivity contribution in [3.8, 4) is 0 Å². The Balaban J connectivity index is 2.65. The van der Waals surface area contributed by atoms with E-state index >= 15 is 0 Å². The molecule has 2 aromatic heterocycles. The van der Waals surface area contributed by atoms with E-state index in [2.05, 4.69) is 9.72 Å². The molecule has 16 heavy (non-hydrogen) atoms. The maximum Gasteiger partial charge on any atom is 0.348 e. The van der Waals surface area contributed by atoms with Crippen molar-refractivity contribution in [3.05, 3.63) is 27.9 Å². The molecule has 0 aromatic carbocycles. The average Bonchev–Trinajstić information content (AvgIpc) is 2.72. The summed E-state index contributed by atoms with van der Waals surface area (Å²) < 4.78 is 5.27. The molecule has 82 valence electrons. The summed E-state index contributed by atoms with van der Waals surface area (Å²) in [5, 5.41) is 0.937. The number of fused-ring (bicyclic) bond motifs is 1. The molecule has 4 nitrogen and oxygen atoms in total. The zero-order valence-corrected chi connectivity index (χ0v) is 9.76. The highest BCUT2D eigenvalue weighted by molar-refractivity contribution is 7.21. The van der Waals surface area contributed by atoms with Crippen LogP contribution in [0.2, 0.25) is 5.15 Å². The lowest BCUT2D eigenvalue weighted by molar-refractivity contribution is 0.0606. The van der Waals surface area contributed by atoms with E-state index in [0.29, 0.717) is 21.2 Å². The third-order valence-corrected chi connectivity index (χ3v) is 3.51. The van der Waals surface area contributed by atoms with Gasteiger partial charge >= 0.3 is 5.97 Å². The predicted molar refractivity (Wildman–Crippen MR) is 61.4 cm³/mol. The highest BCUT2D eigenvalue weighted by Gasteiger charge is 2.13. The van der Waals surface area contributed by atoms with Gasteiger partial charge in [0.25, 0.3) is 0 Å². The Morgan fingerprint density at radius 3 is 2.94 bits per heavy atom. The van der Waals surface area contributed by atoms with E-state index in [9.17, 15) is 9.59 Å². The number of rotatable bonds is 2. The predicted octanol–water partition coefficient (Wildman–Crippen LogP) is 2.55. The number of ether oxygens (including phenoxy) is 1. The molecule has 0 aliphatic carbocycles. The van der Waals surface area contributed by atoms with E-state index in [0.717, 1.165) is 0 Å². The van der Waals surface area contributed by atoms with Crippen LogP contribution in [0, 0.1) is 0 Å². The lowest BCUT2D eigenvalue weighted by atomic mass is 10.2. The number of hydrogen-bond donors (Lipinski definition) is 0. The average molecular weight is 256 g/mol. The molecule has 0 amide bonds. The molecule has 2 rings (SSSR count). The number of aromatic nitrogens is 1. The number of methoxy groups -OCH3 is 1. The molecule has 0 N–H and O–H groups in total. The molecule has 6 heteroatoms. The molecule has 0 radical (unpaired) electrons. The topological polar surface area (TPSA) is 56.3 Å². The normalized spacial score (nSPS) is 10.4. The monoisotopic (exact) mass is 255 g/mol. The zero-order chi connectivity index (χ0) is 11.7. The lowest BCUT2D eigenvalue weighted by Crippen LogP contribution is -1.96. The molecule has 0 spiro atoms. The van der Waals surface area contributed by atoms with Gasteiger partial charge in [-0.2, -0.15) is 0 Å². The highest BCUT2D eigenvalue weighted by atomic mass is 35.5. The van der Waals surface area contributed by atoms with Crippen molar-refractivity contribution >= 4 is 45.3 Å². The quantitative estimate of drug-likeness (QED) is 0.470. The summed E-state index contributed by atoms with van der Waals surface area (Å²) in [4.78, 5) is 26.2. The van der Waals surface area contributed by atoms with Crippen molar-refractivity contribution in [2.75, 3.05) is 7.11 Å². The second-order valence-corrected chi connectivity index (χ2v) is 4.39. The minimum absolute atomic E-state index is 0.222. The Hall–Kier alpha value is -1.46. The fourth-order valence-electron chi connectivity index (χ4n) is 1.29. The Morgan fingerprint density at radius 1 is 1.56 bits per heavy atom. The van der Waals surface area contributed by atoms with E-state index in [1.165, 1.54) is 18.4 Å². The second-order valence-electron chi connectivity index (χ2n) is 2.98. The number of hydrogen-bond acceptors (Lipinski definition) is 5. The molecule has 0 saturated carbocycles.